The van der Waals surface area contributed by atoms with Gasteiger partial charge < -0.3 is 4.74 Å². The number of ketones is 1. The molecule has 0 spiro atoms. The zero-order chi connectivity index (χ0) is 13.9. The van der Waals surface area contributed by atoms with Crippen LogP contribution in [0.3, 0.4) is 0 Å². The predicted molar refractivity (Wildman–Crippen MR) is 62.0 cm³/mol. The van der Waals surface area contributed by atoms with Crippen molar-refractivity contribution in [1.82, 2.24) is 0 Å². The standard InChI is InChI=1S/C11H9Cl2F3O2/c1-6(17)10(13)8-4-7(5-12)2-3-9(8)18-11(14,15)16/h2-4,10H,5H2,1H3. The van der Waals surface area contributed by atoms with Crippen LogP contribution in [0.5, 0.6) is 5.75 Å². The summed E-state index contributed by atoms with van der Waals surface area (Å²) in [6.07, 6.45) is -4.84. The summed E-state index contributed by atoms with van der Waals surface area (Å²) in [7, 11) is 0. The van der Waals surface area contributed by atoms with Crippen molar-refractivity contribution in [2.45, 2.75) is 24.5 Å². The minimum atomic E-state index is -4.84. The molecular weight excluding hydrogens is 292 g/mol. The first-order chi connectivity index (χ1) is 8.24. The fourth-order valence-electron chi connectivity index (χ4n) is 1.32. The van der Waals surface area contributed by atoms with Crippen LogP contribution in [-0.2, 0) is 10.7 Å². The number of hydrogen-bond donors (Lipinski definition) is 0. The van der Waals surface area contributed by atoms with Gasteiger partial charge in [-0.15, -0.1) is 36.4 Å². The second-order valence-electron chi connectivity index (χ2n) is 3.53. The molecular formula is C11H9Cl2F3O2. The monoisotopic (exact) mass is 300 g/mol. The van der Waals surface area contributed by atoms with E-state index >= 15 is 0 Å². The van der Waals surface area contributed by atoms with Crippen molar-refractivity contribution < 1.29 is 22.7 Å². The largest absolute Gasteiger partial charge is 0.573 e. The van der Waals surface area contributed by atoms with Crippen LogP contribution in [0.4, 0.5) is 13.2 Å². The van der Waals surface area contributed by atoms with E-state index in [0.29, 0.717) is 5.56 Å². The summed E-state index contributed by atoms with van der Waals surface area (Å²) >= 11 is 11.3. The van der Waals surface area contributed by atoms with E-state index in [1.807, 2.05) is 0 Å². The van der Waals surface area contributed by atoms with Gasteiger partial charge in [-0.1, -0.05) is 6.07 Å². The van der Waals surface area contributed by atoms with Crippen molar-refractivity contribution in [2.24, 2.45) is 0 Å². The lowest BCUT2D eigenvalue weighted by Gasteiger charge is -2.16. The highest BCUT2D eigenvalue weighted by atomic mass is 35.5. The molecule has 0 aliphatic rings. The summed E-state index contributed by atoms with van der Waals surface area (Å²) in [5.41, 5.74) is 0.507. The molecule has 100 valence electrons. The molecule has 0 N–H and O–H groups in total. The van der Waals surface area contributed by atoms with Crippen LogP contribution in [0.1, 0.15) is 23.4 Å². The van der Waals surface area contributed by atoms with E-state index in [9.17, 15) is 18.0 Å². The number of carbonyl (C=O) groups is 1. The zero-order valence-electron chi connectivity index (χ0n) is 9.22. The van der Waals surface area contributed by atoms with Gasteiger partial charge in [0.25, 0.3) is 0 Å². The number of ether oxygens (including phenoxy) is 1. The van der Waals surface area contributed by atoms with E-state index in [1.54, 1.807) is 0 Å². The summed E-state index contributed by atoms with van der Waals surface area (Å²) in [6, 6.07) is 3.80. The lowest BCUT2D eigenvalue weighted by molar-refractivity contribution is -0.274. The number of hydrogen-bond acceptors (Lipinski definition) is 2. The second-order valence-corrected chi connectivity index (χ2v) is 4.23. The molecule has 0 aliphatic heterocycles. The summed E-state index contributed by atoms with van der Waals surface area (Å²) in [5, 5.41) is -1.20. The minimum Gasteiger partial charge on any atom is -0.405 e. The molecule has 1 aromatic rings. The Morgan fingerprint density at radius 3 is 2.50 bits per heavy atom. The molecule has 7 heteroatoms. The van der Waals surface area contributed by atoms with Gasteiger partial charge in [0.05, 0.1) is 0 Å². The Kier molecular flexibility index (Phi) is 4.87. The molecule has 0 heterocycles. The van der Waals surface area contributed by atoms with Gasteiger partial charge in [0.15, 0.2) is 5.78 Å². The van der Waals surface area contributed by atoms with Gasteiger partial charge in [-0.2, -0.15) is 0 Å². The van der Waals surface area contributed by atoms with Crippen LogP contribution in [0.25, 0.3) is 0 Å². The number of halogens is 5. The smallest absolute Gasteiger partial charge is 0.405 e. The van der Waals surface area contributed by atoms with Crippen molar-refractivity contribution in [3.05, 3.63) is 29.3 Å². The molecule has 0 fully saturated rings. The SMILES string of the molecule is CC(=O)C(Cl)c1cc(CCl)ccc1OC(F)(F)F. The van der Waals surface area contributed by atoms with E-state index in [-0.39, 0.29) is 11.4 Å². The minimum absolute atomic E-state index is 0.0420. The molecule has 0 radical (unpaired) electrons. The van der Waals surface area contributed by atoms with E-state index in [0.717, 1.165) is 6.07 Å². The maximum atomic E-state index is 12.2. The Bertz CT molecular complexity index is 446. The van der Waals surface area contributed by atoms with Crippen molar-refractivity contribution in [3.8, 4) is 5.75 Å². The summed E-state index contributed by atoms with van der Waals surface area (Å²) < 4.78 is 40.4. The van der Waals surface area contributed by atoms with Gasteiger partial charge in [-0.3, -0.25) is 4.79 Å². The van der Waals surface area contributed by atoms with Gasteiger partial charge in [0.2, 0.25) is 0 Å². The quantitative estimate of drug-likeness (QED) is 0.779. The fourth-order valence-corrected chi connectivity index (χ4v) is 1.65. The van der Waals surface area contributed by atoms with E-state index in [4.69, 9.17) is 23.2 Å². The van der Waals surface area contributed by atoms with Gasteiger partial charge in [-0.25, -0.2) is 0 Å². The second kappa shape index (κ2) is 5.80. The molecule has 0 amide bonds. The number of alkyl halides is 5. The van der Waals surface area contributed by atoms with E-state index in [2.05, 4.69) is 4.74 Å². The van der Waals surface area contributed by atoms with Gasteiger partial charge in [0.1, 0.15) is 11.1 Å². The Morgan fingerprint density at radius 2 is 2.06 bits per heavy atom. The molecule has 2 nitrogen and oxygen atoms in total. The molecule has 1 aromatic carbocycles. The Morgan fingerprint density at radius 1 is 1.44 bits per heavy atom. The third-order valence-electron chi connectivity index (χ3n) is 2.08. The molecule has 1 rings (SSSR count). The van der Waals surface area contributed by atoms with Crippen molar-refractivity contribution >= 4 is 29.0 Å². The molecule has 0 aliphatic carbocycles. The van der Waals surface area contributed by atoms with Crippen LogP contribution in [0.15, 0.2) is 18.2 Å². The van der Waals surface area contributed by atoms with Crippen molar-refractivity contribution in [3.63, 3.8) is 0 Å². The molecule has 0 saturated carbocycles. The van der Waals surface area contributed by atoms with E-state index < -0.39 is 23.3 Å². The highest BCUT2D eigenvalue weighted by Crippen LogP contribution is 2.34. The highest BCUT2D eigenvalue weighted by Gasteiger charge is 2.33. The zero-order valence-corrected chi connectivity index (χ0v) is 10.7. The Balaban J connectivity index is 3.20. The first kappa shape index (κ1) is 15.1. The summed E-state index contributed by atoms with van der Waals surface area (Å²) in [6.45, 7) is 1.18. The lowest BCUT2D eigenvalue weighted by atomic mass is 10.1. The number of Topliss-reactive ketones (excluding diaryl/α,β-unsaturated/α-hetero) is 1. The fraction of sp³-hybridized carbons (Fsp3) is 0.364. The Hall–Kier alpha value is -0.940. The molecule has 18 heavy (non-hydrogen) atoms. The summed E-state index contributed by atoms with van der Waals surface area (Å²) in [5.74, 6) is -0.872. The third-order valence-corrected chi connectivity index (χ3v) is 2.94. The van der Waals surface area contributed by atoms with E-state index in [1.165, 1.54) is 19.1 Å². The molecule has 1 unspecified atom stereocenters. The Labute approximate surface area is 112 Å². The molecule has 0 saturated heterocycles. The first-order valence-corrected chi connectivity index (χ1v) is 5.80. The number of benzene rings is 1. The van der Waals surface area contributed by atoms with Gasteiger partial charge >= 0.3 is 6.36 Å². The first-order valence-electron chi connectivity index (χ1n) is 4.83. The predicted octanol–water partition coefficient (Wildman–Crippen LogP) is 4.19. The van der Waals surface area contributed by atoms with Crippen molar-refractivity contribution in [1.29, 1.82) is 0 Å². The average molecular weight is 301 g/mol. The highest BCUT2D eigenvalue weighted by molar-refractivity contribution is 6.31. The topological polar surface area (TPSA) is 26.3 Å². The average Bonchev–Trinajstić information content (AvgIpc) is 2.26. The maximum absolute atomic E-state index is 12.2. The molecule has 0 bridgehead atoms. The third kappa shape index (κ3) is 4.07. The molecule has 0 aromatic heterocycles. The number of carbonyl (C=O) groups excluding carboxylic acids is 1. The van der Waals surface area contributed by atoms with Crippen LogP contribution < -0.4 is 4.74 Å². The van der Waals surface area contributed by atoms with Crippen molar-refractivity contribution in [2.75, 3.05) is 0 Å². The van der Waals surface area contributed by atoms with Crippen LogP contribution in [0.2, 0.25) is 0 Å². The number of rotatable bonds is 4. The van der Waals surface area contributed by atoms with Crippen LogP contribution in [0, 0.1) is 0 Å². The normalized spacial score (nSPS) is 13.2. The van der Waals surface area contributed by atoms with Crippen LogP contribution >= 0.6 is 23.2 Å². The summed E-state index contributed by atoms with van der Waals surface area (Å²) in [4.78, 5) is 11.2. The van der Waals surface area contributed by atoms with Crippen LogP contribution in [-0.4, -0.2) is 12.1 Å². The lowest BCUT2D eigenvalue weighted by Crippen LogP contribution is -2.19. The van der Waals surface area contributed by atoms with Gasteiger partial charge in [0, 0.05) is 11.4 Å². The maximum Gasteiger partial charge on any atom is 0.573 e. The molecule has 1 atom stereocenters. The van der Waals surface area contributed by atoms with Gasteiger partial charge in [-0.05, 0) is 24.6 Å².